The zero-order valence-electron chi connectivity index (χ0n) is 15.2. The summed E-state index contributed by atoms with van der Waals surface area (Å²) in [5, 5.41) is 8.80. The van der Waals surface area contributed by atoms with Crippen LogP contribution < -0.4 is 4.90 Å². The number of nitrogens with zero attached hydrogens (tertiary/aromatic N) is 5. The first-order valence-electron chi connectivity index (χ1n) is 9.24. The molecule has 1 aromatic carbocycles. The van der Waals surface area contributed by atoms with Crippen LogP contribution in [0.15, 0.2) is 18.2 Å². The average Bonchev–Trinajstić information content (AvgIpc) is 2.85. The van der Waals surface area contributed by atoms with Gasteiger partial charge >= 0.3 is 0 Å². The summed E-state index contributed by atoms with van der Waals surface area (Å²) < 4.78 is 7.81. The van der Waals surface area contributed by atoms with Crippen LogP contribution in [-0.2, 0) is 24.2 Å². The molecule has 6 nitrogen and oxygen atoms in total. The molecule has 25 heavy (non-hydrogen) atoms. The van der Waals surface area contributed by atoms with Crippen molar-refractivity contribution in [3.63, 3.8) is 0 Å². The summed E-state index contributed by atoms with van der Waals surface area (Å²) in [5.74, 6) is 2.15. The second-order valence-electron chi connectivity index (χ2n) is 7.03. The maximum atomic E-state index is 5.56. The molecule has 6 heteroatoms. The number of aromatic nitrogens is 3. The summed E-state index contributed by atoms with van der Waals surface area (Å²) in [6.45, 7) is 11.9. The van der Waals surface area contributed by atoms with Crippen molar-refractivity contribution < 1.29 is 4.74 Å². The highest BCUT2D eigenvalue weighted by molar-refractivity contribution is 5.56. The predicted octanol–water partition coefficient (Wildman–Crippen LogP) is 1.79. The summed E-state index contributed by atoms with van der Waals surface area (Å²) in [6.07, 6.45) is 0.868. The van der Waals surface area contributed by atoms with E-state index in [2.05, 4.69) is 56.6 Å². The second-order valence-corrected chi connectivity index (χ2v) is 7.03. The fourth-order valence-corrected chi connectivity index (χ4v) is 3.78. The van der Waals surface area contributed by atoms with Crippen molar-refractivity contribution in [2.45, 2.75) is 33.4 Å². The monoisotopic (exact) mass is 341 g/mol. The molecule has 0 atom stereocenters. The van der Waals surface area contributed by atoms with Crippen LogP contribution >= 0.6 is 0 Å². The van der Waals surface area contributed by atoms with Gasteiger partial charge in [0.1, 0.15) is 11.6 Å². The van der Waals surface area contributed by atoms with E-state index in [4.69, 9.17) is 4.74 Å². The van der Waals surface area contributed by atoms with Gasteiger partial charge in [-0.1, -0.05) is 12.1 Å². The Bertz CT molecular complexity index is 733. The van der Waals surface area contributed by atoms with E-state index in [1.54, 1.807) is 0 Å². The van der Waals surface area contributed by atoms with Crippen LogP contribution in [0.1, 0.15) is 22.8 Å². The number of ether oxygens (including phenoxy) is 1. The lowest BCUT2D eigenvalue weighted by Crippen LogP contribution is -2.46. The van der Waals surface area contributed by atoms with Crippen molar-refractivity contribution in [2.24, 2.45) is 0 Å². The molecule has 0 saturated carbocycles. The highest BCUT2D eigenvalue weighted by Gasteiger charge is 2.22. The Morgan fingerprint density at radius 1 is 1.00 bits per heavy atom. The summed E-state index contributed by atoms with van der Waals surface area (Å²) in [4.78, 5) is 5.00. The van der Waals surface area contributed by atoms with Crippen LogP contribution in [0.4, 0.5) is 5.69 Å². The van der Waals surface area contributed by atoms with Crippen molar-refractivity contribution in [1.29, 1.82) is 0 Å². The molecule has 0 amide bonds. The fourth-order valence-electron chi connectivity index (χ4n) is 3.78. The molecular weight excluding hydrogens is 314 g/mol. The zero-order valence-corrected chi connectivity index (χ0v) is 15.2. The summed E-state index contributed by atoms with van der Waals surface area (Å²) in [5.41, 5.74) is 4.15. The van der Waals surface area contributed by atoms with Gasteiger partial charge in [0.2, 0.25) is 0 Å². The smallest absolute Gasteiger partial charge is 0.147 e. The largest absolute Gasteiger partial charge is 0.379 e. The summed E-state index contributed by atoms with van der Waals surface area (Å²) >= 11 is 0. The van der Waals surface area contributed by atoms with Gasteiger partial charge in [-0.25, -0.2) is 0 Å². The van der Waals surface area contributed by atoms with Crippen molar-refractivity contribution in [1.82, 2.24) is 19.7 Å². The molecule has 0 N–H and O–H groups in total. The number of rotatable bonds is 3. The van der Waals surface area contributed by atoms with Crippen molar-refractivity contribution >= 4 is 5.69 Å². The van der Waals surface area contributed by atoms with E-state index >= 15 is 0 Å². The van der Waals surface area contributed by atoms with Gasteiger partial charge < -0.3 is 14.2 Å². The highest BCUT2D eigenvalue weighted by atomic mass is 16.5. The van der Waals surface area contributed by atoms with Crippen LogP contribution in [0.3, 0.4) is 0 Å². The third-order valence-corrected chi connectivity index (χ3v) is 5.49. The lowest BCUT2D eigenvalue weighted by atomic mass is 10.1. The first-order chi connectivity index (χ1) is 12.2. The maximum Gasteiger partial charge on any atom is 0.147 e. The van der Waals surface area contributed by atoms with E-state index in [9.17, 15) is 0 Å². The molecular formula is C19H27N5O. The third-order valence-electron chi connectivity index (χ3n) is 5.49. The van der Waals surface area contributed by atoms with E-state index in [0.717, 1.165) is 70.6 Å². The van der Waals surface area contributed by atoms with Crippen molar-refractivity contribution in [2.75, 3.05) is 44.3 Å². The van der Waals surface area contributed by atoms with Gasteiger partial charge in [-0.05, 0) is 31.0 Å². The number of piperazine rings is 1. The van der Waals surface area contributed by atoms with Crippen LogP contribution in [0.5, 0.6) is 0 Å². The topological polar surface area (TPSA) is 46.4 Å². The van der Waals surface area contributed by atoms with Gasteiger partial charge in [0.05, 0.1) is 19.8 Å². The fraction of sp³-hybridized carbons (Fsp3) is 0.579. The molecule has 1 fully saturated rings. The molecule has 4 rings (SSSR count). The average molecular weight is 341 g/mol. The van der Waals surface area contributed by atoms with Crippen LogP contribution in [0.25, 0.3) is 0 Å². The van der Waals surface area contributed by atoms with Gasteiger partial charge in [0.25, 0.3) is 0 Å². The lowest BCUT2D eigenvalue weighted by molar-refractivity contribution is 0.138. The Morgan fingerprint density at radius 2 is 1.84 bits per heavy atom. The molecule has 2 aliphatic rings. The molecule has 0 aliphatic carbocycles. The minimum absolute atomic E-state index is 0.757. The number of hydrogen-bond donors (Lipinski definition) is 0. The Kier molecular flexibility index (Phi) is 4.72. The molecule has 1 saturated heterocycles. The normalized spacial score (nSPS) is 18.9. The molecule has 0 unspecified atom stereocenters. The lowest BCUT2D eigenvalue weighted by Gasteiger charge is -2.36. The molecule has 0 radical (unpaired) electrons. The second kappa shape index (κ2) is 7.14. The van der Waals surface area contributed by atoms with E-state index in [1.807, 2.05) is 0 Å². The number of anilines is 1. The molecule has 0 spiro atoms. The minimum Gasteiger partial charge on any atom is -0.379 e. The van der Waals surface area contributed by atoms with Gasteiger partial charge in [0.15, 0.2) is 0 Å². The maximum absolute atomic E-state index is 5.56. The highest BCUT2D eigenvalue weighted by Crippen LogP contribution is 2.24. The number of fused-ring (bicyclic) bond motifs is 1. The zero-order chi connectivity index (χ0) is 17.2. The SMILES string of the molecule is Cc1cccc(N2CCN(Cc3nnc4n3CCOCC4)CC2)c1C. The minimum atomic E-state index is 0.757. The standard InChI is InChI=1S/C19H27N5O/c1-15-4-3-5-17(16(15)2)23-9-7-22(8-10-23)14-19-21-20-18-6-12-25-13-11-24(18)19/h3-5H,6-14H2,1-2H3. The van der Waals surface area contributed by atoms with Crippen molar-refractivity contribution in [3.8, 4) is 0 Å². The molecule has 2 aliphatic heterocycles. The number of aryl methyl sites for hydroxylation is 1. The summed E-state index contributed by atoms with van der Waals surface area (Å²) in [6, 6.07) is 6.60. The number of benzene rings is 1. The Balaban J connectivity index is 1.40. The Labute approximate surface area is 149 Å². The predicted molar refractivity (Wildman–Crippen MR) is 98.0 cm³/mol. The van der Waals surface area contributed by atoms with Gasteiger partial charge in [-0.15, -0.1) is 10.2 Å². The first kappa shape index (κ1) is 16.5. The first-order valence-corrected chi connectivity index (χ1v) is 9.24. The van der Waals surface area contributed by atoms with Crippen LogP contribution in [0.2, 0.25) is 0 Å². The number of hydrogen-bond acceptors (Lipinski definition) is 5. The molecule has 3 heterocycles. The molecule has 2 aromatic rings. The van der Waals surface area contributed by atoms with E-state index in [-0.39, 0.29) is 0 Å². The Hall–Kier alpha value is -1.92. The van der Waals surface area contributed by atoms with Crippen LogP contribution in [0, 0.1) is 13.8 Å². The molecule has 0 bridgehead atoms. The van der Waals surface area contributed by atoms with Gasteiger partial charge in [0, 0.05) is 44.8 Å². The molecule has 134 valence electrons. The Morgan fingerprint density at radius 3 is 2.68 bits per heavy atom. The molecule has 1 aromatic heterocycles. The van der Waals surface area contributed by atoms with Crippen LogP contribution in [-0.4, -0.2) is 59.1 Å². The third kappa shape index (κ3) is 3.41. The van der Waals surface area contributed by atoms with Gasteiger partial charge in [-0.3, -0.25) is 4.90 Å². The van der Waals surface area contributed by atoms with E-state index < -0.39 is 0 Å². The summed E-state index contributed by atoms with van der Waals surface area (Å²) in [7, 11) is 0. The quantitative estimate of drug-likeness (QED) is 0.852. The van der Waals surface area contributed by atoms with Gasteiger partial charge in [-0.2, -0.15) is 0 Å². The van der Waals surface area contributed by atoms with E-state index in [0.29, 0.717) is 0 Å². The van der Waals surface area contributed by atoms with Crippen molar-refractivity contribution in [3.05, 3.63) is 41.0 Å². The van der Waals surface area contributed by atoms with E-state index in [1.165, 1.54) is 16.8 Å².